The second-order valence-electron chi connectivity index (χ2n) is 5.13. The molecule has 0 bridgehead atoms. The fourth-order valence-corrected chi connectivity index (χ4v) is 3.17. The molecular weight excluding hydrogens is 294 g/mol. The lowest BCUT2D eigenvalue weighted by Gasteiger charge is -2.32. The molecule has 1 fully saturated rings. The summed E-state index contributed by atoms with van der Waals surface area (Å²) in [6, 6.07) is 0. The number of carbonyl (C=O) groups excluding carboxylic acids is 1. The standard InChI is InChI=1S/C14H20BrNO2/c1-9-10(2)18-11(3)13(9)14(17)16-6-4-5-12(7-15)8-16/h12H,4-8H2,1-3H3. The van der Waals surface area contributed by atoms with Gasteiger partial charge in [-0.2, -0.15) is 0 Å². The van der Waals surface area contributed by atoms with E-state index < -0.39 is 0 Å². The molecule has 0 saturated carbocycles. The van der Waals surface area contributed by atoms with Gasteiger partial charge in [0.2, 0.25) is 0 Å². The fourth-order valence-electron chi connectivity index (χ4n) is 2.64. The highest BCUT2D eigenvalue weighted by molar-refractivity contribution is 9.09. The number of nitrogens with zero attached hydrogens (tertiary/aromatic N) is 1. The number of hydrogen-bond donors (Lipinski definition) is 0. The largest absolute Gasteiger partial charge is 0.466 e. The Bertz CT molecular complexity index is 453. The van der Waals surface area contributed by atoms with Gasteiger partial charge in [-0.25, -0.2) is 0 Å². The maximum atomic E-state index is 12.6. The van der Waals surface area contributed by atoms with Crippen LogP contribution in [0, 0.1) is 26.7 Å². The van der Waals surface area contributed by atoms with Crippen molar-refractivity contribution in [1.29, 1.82) is 0 Å². The SMILES string of the molecule is Cc1oc(C)c(C(=O)N2CCCC(CBr)C2)c1C. The highest BCUT2D eigenvalue weighted by Gasteiger charge is 2.27. The Morgan fingerprint density at radius 2 is 2.11 bits per heavy atom. The summed E-state index contributed by atoms with van der Waals surface area (Å²) >= 11 is 3.52. The van der Waals surface area contributed by atoms with Crippen LogP contribution in [0.1, 0.15) is 40.3 Å². The molecule has 0 N–H and O–H groups in total. The number of furan rings is 1. The number of aryl methyl sites for hydroxylation is 2. The second kappa shape index (κ2) is 5.47. The first kappa shape index (κ1) is 13.7. The molecule has 0 radical (unpaired) electrons. The van der Waals surface area contributed by atoms with Gasteiger partial charge in [-0.05, 0) is 39.5 Å². The zero-order valence-corrected chi connectivity index (χ0v) is 12.8. The van der Waals surface area contributed by atoms with Gasteiger partial charge in [-0.15, -0.1) is 0 Å². The van der Waals surface area contributed by atoms with Crippen LogP contribution in [0.2, 0.25) is 0 Å². The highest BCUT2D eigenvalue weighted by atomic mass is 79.9. The van der Waals surface area contributed by atoms with Crippen molar-refractivity contribution in [1.82, 2.24) is 4.90 Å². The molecule has 2 rings (SSSR count). The van der Waals surface area contributed by atoms with Gasteiger partial charge < -0.3 is 9.32 Å². The molecule has 1 aliphatic rings. The van der Waals surface area contributed by atoms with Crippen LogP contribution in [0.5, 0.6) is 0 Å². The fraction of sp³-hybridized carbons (Fsp3) is 0.643. The summed E-state index contributed by atoms with van der Waals surface area (Å²) in [5, 5.41) is 0.971. The van der Waals surface area contributed by atoms with Gasteiger partial charge in [0.05, 0.1) is 5.56 Å². The summed E-state index contributed by atoms with van der Waals surface area (Å²) in [7, 11) is 0. The van der Waals surface area contributed by atoms with Crippen molar-refractivity contribution in [2.75, 3.05) is 18.4 Å². The molecule has 4 heteroatoms. The smallest absolute Gasteiger partial charge is 0.257 e. The predicted molar refractivity (Wildman–Crippen MR) is 75.3 cm³/mol. The highest BCUT2D eigenvalue weighted by Crippen LogP contribution is 2.25. The average Bonchev–Trinajstić information content (AvgIpc) is 2.62. The van der Waals surface area contributed by atoms with E-state index in [1.54, 1.807) is 0 Å². The van der Waals surface area contributed by atoms with E-state index in [1.807, 2.05) is 25.7 Å². The summed E-state index contributed by atoms with van der Waals surface area (Å²) < 4.78 is 5.55. The average molecular weight is 314 g/mol. The zero-order valence-electron chi connectivity index (χ0n) is 11.3. The van der Waals surface area contributed by atoms with Crippen LogP contribution in [0.25, 0.3) is 0 Å². The Hall–Kier alpha value is -0.770. The first-order valence-electron chi connectivity index (χ1n) is 6.46. The molecule has 1 saturated heterocycles. The van der Waals surface area contributed by atoms with E-state index in [0.29, 0.717) is 5.92 Å². The minimum Gasteiger partial charge on any atom is -0.466 e. The third-order valence-corrected chi connectivity index (χ3v) is 4.72. The summed E-state index contributed by atoms with van der Waals surface area (Å²) in [5.41, 5.74) is 1.75. The Morgan fingerprint density at radius 1 is 1.39 bits per heavy atom. The van der Waals surface area contributed by atoms with E-state index in [2.05, 4.69) is 15.9 Å². The lowest BCUT2D eigenvalue weighted by Crippen LogP contribution is -2.40. The quantitative estimate of drug-likeness (QED) is 0.783. The van der Waals surface area contributed by atoms with Crippen LogP contribution in [0.4, 0.5) is 0 Å². The first-order valence-corrected chi connectivity index (χ1v) is 7.58. The molecule has 3 nitrogen and oxygen atoms in total. The lowest BCUT2D eigenvalue weighted by atomic mass is 9.99. The molecule has 1 unspecified atom stereocenters. The molecule has 1 aromatic rings. The van der Waals surface area contributed by atoms with E-state index >= 15 is 0 Å². The van der Waals surface area contributed by atoms with Crippen molar-refractivity contribution >= 4 is 21.8 Å². The molecular formula is C14H20BrNO2. The van der Waals surface area contributed by atoms with E-state index in [4.69, 9.17) is 4.42 Å². The van der Waals surface area contributed by atoms with Gasteiger partial charge in [0, 0.05) is 24.0 Å². The van der Waals surface area contributed by atoms with E-state index in [0.717, 1.165) is 47.5 Å². The molecule has 0 aliphatic carbocycles. The molecule has 0 spiro atoms. The zero-order chi connectivity index (χ0) is 13.3. The summed E-state index contributed by atoms with van der Waals surface area (Å²) in [5.74, 6) is 2.31. The maximum absolute atomic E-state index is 12.6. The predicted octanol–water partition coefficient (Wildman–Crippen LogP) is 3.45. The minimum atomic E-state index is 0.132. The van der Waals surface area contributed by atoms with Gasteiger partial charge in [0.1, 0.15) is 11.5 Å². The monoisotopic (exact) mass is 313 g/mol. The second-order valence-corrected chi connectivity index (χ2v) is 5.78. The number of likely N-dealkylation sites (tertiary alicyclic amines) is 1. The molecule has 1 amide bonds. The van der Waals surface area contributed by atoms with Crippen molar-refractivity contribution in [3.63, 3.8) is 0 Å². The van der Waals surface area contributed by atoms with Crippen LogP contribution in [-0.4, -0.2) is 29.2 Å². The number of carbonyl (C=O) groups is 1. The number of halogens is 1. The van der Waals surface area contributed by atoms with Crippen LogP contribution in [-0.2, 0) is 0 Å². The first-order chi connectivity index (χ1) is 8.54. The van der Waals surface area contributed by atoms with E-state index in [-0.39, 0.29) is 5.91 Å². The van der Waals surface area contributed by atoms with Gasteiger partial charge in [-0.3, -0.25) is 4.79 Å². The molecule has 0 aromatic carbocycles. The summed E-state index contributed by atoms with van der Waals surface area (Å²) in [4.78, 5) is 14.5. The van der Waals surface area contributed by atoms with Crippen molar-refractivity contribution in [3.05, 3.63) is 22.6 Å². The third-order valence-electron chi connectivity index (χ3n) is 3.80. The van der Waals surface area contributed by atoms with E-state index in [1.165, 1.54) is 6.42 Å². The number of piperidine rings is 1. The van der Waals surface area contributed by atoms with Crippen LogP contribution < -0.4 is 0 Å². The van der Waals surface area contributed by atoms with Crippen LogP contribution >= 0.6 is 15.9 Å². The molecule has 1 aromatic heterocycles. The van der Waals surface area contributed by atoms with Crippen molar-refractivity contribution in [2.45, 2.75) is 33.6 Å². The summed E-state index contributed by atoms with van der Waals surface area (Å²) in [6.45, 7) is 7.47. The number of rotatable bonds is 2. The lowest BCUT2D eigenvalue weighted by molar-refractivity contribution is 0.0683. The Kier molecular flexibility index (Phi) is 4.15. The van der Waals surface area contributed by atoms with Crippen molar-refractivity contribution in [2.24, 2.45) is 5.92 Å². The molecule has 2 heterocycles. The van der Waals surface area contributed by atoms with Crippen LogP contribution in [0.3, 0.4) is 0 Å². The summed E-state index contributed by atoms with van der Waals surface area (Å²) in [6.07, 6.45) is 2.30. The number of amides is 1. The molecule has 1 atom stereocenters. The van der Waals surface area contributed by atoms with E-state index in [9.17, 15) is 4.79 Å². The van der Waals surface area contributed by atoms with Crippen LogP contribution in [0.15, 0.2) is 4.42 Å². The maximum Gasteiger partial charge on any atom is 0.257 e. The van der Waals surface area contributed by atoms with Gasteiger partial charge in [-0.1, -0.05) is 15.9 Å². The normalized spacial score (nSPS) is 20.2. The van der Waals surface area contributed by atoms with Crippen molar-refractivity contribution in [3.8, 4) is 0 Å². The topological polar surface area (TPSA) is 33.5 Å². The molecule has 1 aliphatic heterocycles. The minimum absolute atomic E-state index is 0.132. The third kappa shape index (κ3) is 2.48. The van der Waals surface area contributed by atoms with Crippen molar-refractivity contribution < 1.29 is 9.21 Å². The number of alkyl halides is 1. The van der Waals surface area contributed by atoms with Gasteiger partial charge >= 0.3 is 0 Å². The Balaban J connectivity index is 2.20. The number of hydrogen-bond acceptors (Lipinski definition) is 2. The molecule has 100 valence electrons. The van der Waals surface area contributed by atoms with Gasteiger partial charge in [0.15, 0.2) is 0 Å². The van der Waals surface area contributed by atoms with Gasteiger partial charge in [0.25, 0.3) is 5.91 Å². The Labute approximate surface area is 117 Å². The molecule has 18 heavy (non-hydrogen) atoms. The Morgan fingerprint density at radius 3 is 2.67 bits per heavy atom.